The molecule has 1 saturated carbocycles. The zero-order chi connectivity index (χ0) is 13.0. The first-order chi connectivity index (χ1) is 8.72. The van der Waals surface area contributed by atoms with Gasteiger partial charge >= 0.3 is 0 Å². The van der Waals surface area contributed by atoms with E-state index in [1.54, 1.807) is 0 Å². The van der Waals surface area contributed by atoms with E-state index in [4.69, 9.17) is 23.2 Å². The van der Waals surface area contributed by atoms with Crippen LogP contribution in [0.3, 0.4) is 0 Å². The minimum absolute atomic E-state index is 0.583. The van der Waals surface area contributed by atoms with Gasteiger partial charge in [-0.2, -0.15) is 0 Å². The van der Waals surface area contributed by atoms with Crippen LogP contribution in [0.15, 0.2) is 18.2 Å². The standard InChI is InChI=1S/C15H21Cl2N/c1-2-9-18-15-6-4-3-5-12(15)11-7-8-13(16)14(17)10-11/h7-8,10,12,15,18H,2-6,9H2,1H3. The van der Waals surface area contributed by atoms with Crippen molar-refractivity contribution in [2.24, 2.45) is 0 Å². The molecular formula is C15H21Cl2N. The van der Waals surface area contributed by atoms with Crippen molar-refractivity contribution in [2.45, 2.75) is 51.0 Å². The van der Waals surface area contributed by atoms with E-state index in [9.17, 15) is 0 Å². The molecule has 0 radical (unpaired) electrons. The maximum Gasteiger partial charge on any atom is 0.0595 e. The van der Waals surface area contributed by atoms with E-state index < -0.39 is 0 Å². The monoisotopic (exact) mass is 285 g/mol. The second-order valence-electron chi connectivity index (χ2n) is 5.13. The van der Waals surface area contributed by atoms with Crippen LogP contribution in [-0.2, 0) is 0 Å². The largest absolute Gasteiger partial charge is 0.313 e. The van der Waals surface area contributed by atoms with Gasteiger partial charge in [0.15, 0.2) is 0 Å². The minimum atomic E-state index is 0.583. The van der Waals surface area contributed by atoms with Crippen molar-refractivity contribution in [1.82, 2.24) is 5.32 Å². The summed E-state index contributed by atoms with van der Waals surface area (Å²) in [7, 11) is 0. The summed E-state index contributed by atoms with van der Waals surface area (Å²) in [5, 5.41) is 5.00. The van der Waals surface area contributed by atoms with Gasteiger partial charge in [-0.25, -0.2) is 0 Å². The highest BCUT2D eigenvalue weighted by molar-refractivity contribution is 6.42. The molecule has 100 valence electrons. The molecule has 18 heavy (non-hydrogen) atoms. The molecule has 0 bridgehead atoms. The molecule has 1 aliphatic carbocycles. The topological polar surface area (TPSA) is 12.0 Å². The Morgan fingerprint density at radius 1 is 1.17 bits per heavy atom. The maximum absolute atomic E-state index is 6.13. The maximum atomic E-state index is 6.13. The summed E-state index contributed by atoms with van der Waals surface area (Å²) >= 11 is 12.1. The van der Waals surface area contributed by atoms with Crippen LogP contribution in [0.4, 0.5) is 0 Å². The van der Waals surface area contributed by atoms with Gasteiger partial charge in [-0.1, -0.05) is 49.0 Å². The van der Waals surface area contributed by atoms with Gasteiger partial charge in [0.1, 0.15) is 0 Å². The van der Waals surface area contributed by atoms with Crippen molar-refractivity contribution in [3.05, 3.63) is 33.8 Å². The molecule has 0 aliphatic heterocycles. The summed E-state index contributed by atoms with van der Waals surface area (Å²) in [6.45, 7) is 3.31. The quantitative estimate of drug-likeness (QED) is 0.819. The van der Waals surface area contributed by atoms with E-state index in [2.05, 4.69) is 18.3 Å². The van der Waals surface area contributed by atoms with E-state index in [1.807, 2.05) is 12.1 Å². The van der Waals surface area contributed by atoms with E-state index in [1.165, 1.54) is 37.7 Å². The second-order valence-corrected chi connectivity index (χ2v) is 5.94. The molecule has 0 saturated heterocycles. The SMILES string of the molecule is CCCNC1CCCCC1c1ccc(Cl)c(Cl)c1. The van der Waals surface area contributed by atoms with Gasteiger partial charge in [0.25, 0.3) is 0 Å². The van der Waals surface area contributed by atoms with E-state index in [0.29, 0.717) is 22.0 Å². The summed E-state index contributed by atoms with van der Waals surface area (Å²) in [4.78, 5) is 0. The van der Waals surface area contributed by atoms with Gasteiger partial charge in [-0.3, -0.25) is 0 Å². The third-order valence-electron chi connectivity index (χ3n) is 3.79. The van der Waals surface area contributed by atoms with Crippen LogP contribution in [0.5, 0.6) is 0 Å². The molecule has 1 N–H and O–H groups in total. The van der Waals surface area contributed by atoms with Crippen LogP contribution in [-0.4, -0.2) is 12.6 Å². The summed E-state index contributed by atoms with van der Waals surface area (Å²) < 4.78 is 0. The lowest BCUT2D eigenvalue weighted by atomic mass is 9.80. The number of nitrogens with one attached hydrogen (secondary N) is 1. The Hall–Kier alpha value is -0.240. The first-order valence-electron chi connectivity index (χ1n) is 6.90. The first kappa shape index (κ1) is 14.2. The second kappa shape index (κ2) is 6.79. The Balaban J connectivity index is 2.14. The third kappa shape index (κ3) is 3.40. The number of hydrogen-bond donors (Lipinski definition) is 1. The zero-order valence-electron chi connectivity index (χ0n) is 10.9. The highest BCUT2D eigenvalue weighted by atomic mass is 35.5. The average Bonchev–Trinajstić information content (AvgIpc) is 2.40. The van der Waals surface area contributed by atoms with Crippen LogP contribution in [0.2, 0.25) is 10.0 Å². The lowest BCUT2D eigenvalue weighted by molar-refractivity contribution is 0.328. The van der Waals surface area contributed by atoms with Crippen molar-refractivity contribution in [1.29, 1.82) is 0 Å². The van der Waals surface area contributed by atoms with Crippen molar-refractivity contribution in [2.75, 3.05) is 6.54 Å². The molecule has 1 aromatic rings. The first-order valence-corrected chi connectivity index (χ1v) is 7.66. The van der Waals surface area contributed by atoms with Crippen molar-refractivity contribution >= 4 is 23.2 Å². The van der Waals surface area contributed by atoms with Crippen LogP contribution in [0, 0.1) is 0 Å². The fraction of sp³-hybridized carbons (Fsp3) is 0.600. The molecule has 1 aliphatic rings. The fourth-order valence-electron chi connectivity index (χ4n) is 2.85. The van der Waals surface area contributed by atoms with Crippen LogP contribution < -0.4 is 5.32 Å². The predicted molar refractivity (Wildman–Crippen MR) is 79.8 cm³/mol. The van der Waals surface area contributed by atoms with Gasteiger partial charge < -0.3 is 5.32 Å². The highest BCUT2D eigenvalue weighted by Crippen LogP contribution is 2.35. The smallest absolute Gasteiger partial charge is 0.0595 e. The lowest BCUT2D eigenvalue weighted by Gasteiger charge is -2.33. The zero-order valence-corrected chi connectivity index (χ0v) is 12.4. The summed E-state index contributed by atoms with van der Waals surface area (Å²) in [5.74, 6) is 0.583. The Labute approximate surface area is 120 Å². The van der Waals surface area contributed by atoms with Crippen LogP contribution in [0.1, 0.15) is 50.5 Å². The molecule has 2 atom stereocenters. The van der Waals surface area contributed by atoms with E-state index in [-0.39, 0.29) is 0 Å². The van der Waals surface area contributed by atoms with Gasteiger partial charge in [0, 0.05) is 6.04 Å². The number of rotatable bonds is 4. The Kier molecular flexibility index (Phi) is 5.35. The molecule has 1 fully saturated rings. The molecule has 2 rings (SSSR count). The molecule has 0 aromatic heterocycles. The van der Waals surface area contributed by atoms with Crippen LogP contribution in [0.25, 0.3) is 0 Å². The average molecular weight is 286 g/mol. The molecular weight excluding hydrogens is 265 g/mol. The molecule has 1 nitrogen and oxygen atoms in total. The number of halogens is 2. The highest BCUT2D eigenvalue weighted by Gasteiger charge is 2.26. The van der Waals surface area contributed by atoms with Crippen molar-refractivity contribution in [3.8, 4) is 0 Å². The van der Waals surface area contributed by atoms with Gasteiger partial charge in [0.2, 0.25) is 0 Å². The molecule has 3 heteroatoms. The van der Waals surface area contributed by atoms with Gasteiger partial charge in [-0.15, -0.1) is 0 Å². The molecule has 1 aromatic carbocycles. The van der Waals surface area contributed by atoms with Crippen molar-refractivity contribution in [3.63, 3.8) is 0 Å². The summed E-state index contributed by atoms with van der Waals surface area (Å²) in [5.41, 5.74) is 1.33. The Morgan fingerprint density at radius 3 is 2.67 bits per heavy atom. The third-order valence-corrected chi connectivity index (χ3v) is 4.53. The molecule has 0 amide bonds. The molecule has 0 spiro atoms. The number of benzene rings is 1. The van der Waals surface area contributed by atoms with E-state index >= 15 is 0 Å². The summed E-state index contributed by atoms with van der Waals surface area (Å²) in [6.07, 6.45) is 6.35. The molecule has 0 heterocycles. The van der Waals surface area contributed by atoms with Crippen LogP contribution >= 0.6 is 23.2 Å². The number of hydrogen-bond acceptors (Lipinski definition) is 1. The van der Waals surface area contributed by atoms with E-state index in [0.717, 1.165) is 6.54 Å². The predicted octanol–water partition coefficient (Wildman–Crippen LogP) is 5.02. The Morgan fingerprint density at radius 2 is 1.94 bits per heavy atom. The molecule has 2 unspecified atom stereocenters. The minimum Gasteiger partial charge on any atom is -0.313 e. The fourth-order valence-corrected chi connectivity index (χ4v) is 3.15. The Bertz CT molecular complexity index is 392. The van der Waals surface area contributed by atoms with Crippen molar-refractivity contribution < 1.29 is 0 Å². The normalized spacial score (nSPS) is 24.2. The summed E-state index contributed by atoms with van der Waals surface area (Å²) in [6, 6.07) is 6.69. The van der Waals surface area contributed by atoms with Gasteiger partial charge in [-0.05, 0) is 49.4 Å². The lowest BCUT2D eigenvalue weighted by Crippen LogP contribution is -2.37. The van der Waals surface area contributed by atoms with Gasteiger partial charge in [0.05, 0.1) is 10.0 Å².